The van der Waals surface area contributed by atoms with E-state index in [1.807, 2.05) is 91.0 Å². The summed E-state index contributed by atoms with van der Waals surface area (Å²) in [5, 5.41) is 0. The molecular formula is C24H15ClSi. The molecule has 0 aliphatic rings. The normalized spacial score (nSPS) is 9.58. The second kappa shape index (κ2) is 8.80. The predicted molar refractivity (Wildman–Crippen MR) is 112 cm³/mol. The molecule has 0 aliphatic carbocycles. The third-order valence-electron chi connectivity index (χ3n) is 3.46. The number of hydrogen-bond acceptors (Lipinski definition) is 0. The maximum Gasteiger partial charge on any atom is 0.387 e. The molecule has 0 heterocycles. The van der Waals surface area contributed by atoms with E-state index >= 15 is 0 Å². The molecule has 0 saturated carbocycles. The van der Waals surface area contributed by atoms with Gasteiger partial charge in [-0.1, -0.05) is 89.0 Å². The van der Waals surface area contributed by atoms with Crippen LogP contribution >= 0.6 is 11.1 Å². The Morgan fingerprint density at radius 3 is 1.00 bits per heavy atom. The molecule has 0 amide bonds. The van der Waals surface area contributed by atoms with E-state index in [9.17, 15) is 0 Å². The first kappa shape index (κ1) is 17.7. The molecule has 0 saturated heterocycles. The molecule has 0 fully saturated rings. The largest absolute Gasteiger partial charge is 0.387 e. The summed E-state index contributed by atoms with van der Waals surface area (Å²) < 4.78 is 0. The smallest absolute Gasteiger partial charge is 0.119 e. The van der Waals surface area contributed by atoms with Gasteiger partial charge in [0.1, 0.15) is 0 Å². The topological polar surface area (TPSA) is 0 Å². The van der Waals surface area contributed by atoms with Crippen LogP contribution in [0.2, 0.25) is 0 Å². The summed E-state index contributed by atoms with van der Waals surface area (Å²) >= 11 is 6.81. The second-order valence-corrected chi connectivity index (χ2v) is 9.27. The van der Waals surface area contributed by atoms with E-state index in [2.05, 4.69) is 34.4 Å². The van der Waals surface area contributed by atoms with Gasteiger partial charge in [0.15, 0.2) is 0 Å². The van der Waals surface area contributed by atoms with Crippen molar-refractivity contribution >= 4 is 18.5 Å². The van der Waals surface area contributed by atoms with E-state index in [0.29, 0.717) is 0 Å². The van der Waals surface area contributed by atoms with Crippen LogP contribution in [0.1, 0.15) is 16.7 Å². The Labute approximate surface area is 160 Å². The van der Waals surface area contributed by atoms with Crippen LogP contribution in [0, 0.1) is 34.4 Å². The zero-order chi connectivity index (χ0) is 18.1. The first-order valence-corrected chi connectivity index (χ1v) is 11.2. The standard InChI is InChI=1S/C24H15ClSi/c25-26(19-16-22-10-4-1-5-11-22,20-17-23-12-6-2-7-13-23)21-18-24-14-8-3-9-15-24/h1-15H. The third-order valence-corrected chi connectivity index (χ3v) is 5.72. The summed E-state index contributed by atoms with van der Waals surface area (Å²) in [7, 11) is -2.91. The lowest BCUT2D eigenvalue weighted by atomic mass is 10.2. The van der Waals surface area contributed by atoms with Crippen molar-refractivity contribution in [1.29, 1.82) is 0 Å². The highest BCUT2D eigenvalue weighted by atomic mass is 35.6. The Morgan fingerprint density at radius 1 is 0.462 bits per heavy atom. The molecule has 0 aromatic heterocycles. The van der Waals surface area contributed by atoms with Crippen molar-refractivity contribution in [3.8, 4) is 34.4 Å². The molecule has 0 atom stereocenters. The van der Waals surface area contributed by atoms with Crippen molar-refractivity contribution in [2.45, 2.75) is 0 Å². The van der Waals surface area contributed by atoms with Crippen LogP contribution in [0.3, 0.4) is 0 Å². The van der Waals surface area contributed by atoms with E-state index in [1.165, 1.54) is 0 Å². The third kappa shape index (κ3) is 5.44. The van der Waals surface area contributed by atoms with Crippen LogP contribution in [0.15, 0.2) is 91.0 Å². The van der Waals surface area contributed by atoms with Crippen LogP contribution in [0.5, 0.6) is 0 Å². The van der Waals surface area contributed by atoms with Crippen LogP contribution in [0.25, 0.3) is 0 Å². The molecule has 3 aromatic carbocycles. The maximum atomic E-state index is 6.81. The minimum atomic E-state index is -2.91. The van der Waals surface area contributed by atoms with Crippen LogP contribution in [-0.4, -0.2) is 7.38 Å². The van der Waals surface area contributed by atoms with Crippen molar-refractivity contribution in [2.24, 2.45) is 0 Å². The first-order chi connectivity index (χ1) is 12.7. The van der Waals surface area contributed by atoms with Gasteiger partial charge in [-0.05, 0) is 36.4 Å². The molecule has 2 heteroatoms. The summed E-state index contributed by atoms with van der Waals surface area (Å²) in [4.78, 5) is 0. The minimum Gasteiger partial charge on any atom is -0.119 e. The number of hydrogen-bond donors (Lipinski definition) is 0. The molecule has 3 aromatic rings. The Kier molecular flexibility index (Phi) is 5.98. The highest BCUT2D eigenvalue weighted by molar-refractivity contribution is 7.33. The van der Waals surface area contributed by atoms with Gasteiger partial charge in [0.2, 0.25) is 0 Å². The molecule has 0 bridgehead atoms. The van der Waals surface area contributed by atoms with Gasteiger partial charge in [-0.3, -0.25) is 0 Å². The minimum absolute atomic E-state index is 0.910. The van der Waals surface area contributed by atoms with Gasteiger partial charge < -0.3 is 0 Å². The summed E-state index contributed by atoms with van der Waals surface area (Å²) in [6.07, 6.45) is 0. The van der Waals surface area contributed by atoms with Gasteiger partial charge in [0, 0.05) is 16.7 Å². The number of benzene rings is 3. The number of halogens is 1. The zero-order valence-electron chi connectivity index (χ0n) is 14.0. The lowest BCUT2D eigenvalue weighted by molar-refractivity contribution is 1.65. The molecule has 0 nitrogen and oxygen atoms in total. The van der Waals surface area contributed by atoms with E-state index < -0.39 is 7.38 Å². The monoisotopic (exact) mass is 366 g/mol. The van der Waals surface area contributed by atoms with Gasteiger partial charge >= 0.3 is 7.38 Å². The Balaban J connectivity index is 1.97. The fourth-order valence-corrected chi connectivity index (χ4v) is 3.70. The highest BCUT2D eigenvalue weighted by Crippen LogP contribution is 2.08. The van der Waals surface area contributed by atoms with Crippen LogP contribution < -0.4 is 0 Å². The molecule has 122 valence electrons. The molecule has 3 rings (SSSR count). The van der Waals surface area contributed by atoms with Gasteiger partial charge in [0.25, 0.3) is 0 Å². The molecular weight excluding hydrogens is 352 g/mol. The van der Waals surface area contributed by atoms with Crippen molar-refractivity contribution in [2.75, 3.05) is 0 Å². The van der Waals surface area contributed by atoms with Crippen molar-refractivity contribution < 1.29 is 0 Å². The Morgan fingerprint density at radius 2 is 0.731 bits per heavy atom. The zero-order valence-corrected chi connectivity index (χ0v) is 15.8. The van der Waals surface area contributed by atoms with E-state index in [4.69, 9.17) is 11.1 Å². The molecule has 26 heavy (non-hydrogen) atoms. The lowest BCUT2D eigenvalue weighted by Gasteiger charge is -2.01. The molecule has 0 radical (unpaired) electrons. The number of rotatable bonds is 0. The predicted octanol–water partition coefficient (Wildman–Crippen LogP) is 4.94. The van der Waals surface area contributed by atoms with E-state index in [1.54, 1.807) is 0 Å². The Bertz CT molecular complexity index is 899. The molecule has 0 unspecified atom stereocenters. The van der Waals surface area contributed by atoms with Crippen molar-refractivity contribution in [3.05, 3.63) is 108 Å². The summed E-state index contributed by atoms with van der Waals surface area (Å²) in [5.41, 5.74) is 12.2. The quantitative estimate of drug-likeness (QED) is 0.300. The van der Waals surface area contributed by atoms with Gasteiger partial charge in [-0.15, -0.1) is 11.1 Å². The van der Waals surface area contributed by atoms with Crippen LogP contribution in [-0.2, 0) is 0 Å². The van der Waals surface area contributed by atoms with Crippen molar-refractivity contribution in [1.82, 2.24) is 0 Å². The van der Waals surface area contributed by atoms with Gasteiger partial charge in [0.05, 0.1) is 0 Å². The van der Waals surface area contributed by atoms with E-state index in [0.717, 1.165) is 16.7 Å². The molecule has 0 spiro atoms. The van der Waals surface area contributed by atoms with Crippen molar-refractivity contribution in [3.63, 3.8) is 0 Å². The van der Waals surface area contributed by atoms with Gasteiger partial charge in [-0.2, -0.15) is 0 Å². The SMILES string of the molecule is Cl[Si](C#Cc1ccccc1)(C#Cc1ccccc1)C#Cc1ccccc1. The fourth-order valence-electron chi connectivity index (χ4n) is 2.13. The lowest BCUT2D eigenvalue weighted by Crippen LogP contribution is -2.21. The molecule has 0 N–H and O–H groups in total. The van der Waals surface area contributed by atoms with E-state index in [-0.39, 0.29) is 0 Å². The van der Waals surface area contributed by atoms with Crippen LogP contribution in [0.4, 0.5) is 0 Å². The second-order valence-electron chi connectivity index (χ2n) is 5.51. The fraction of sp³-hybridized carbons (Fsp3) is 0. The first-order valence-electron chi connectivity index (χ1n) is 8.17. The molecule has 0 aliphatic heterocycles. The highest BCUT2D eigenvalue weighted by Gasteiger charge is 2.24. The Hall–Kier alpha value is -3.15. The summed E-state index contributed by atoms with van der Waals surface area (Å²) in [6, 6.07) is 29.3. The van der Waals surface area contributed by atoms with Gasteiger partial charge in [-0.25, -0.2) is 0 Å². The summed E-state index contributed by atoms with van der Waals surface area (Å²) in [6.45, 7) is 0. The summed E-state index contributed by atoms with van der Waals surface area (Å²) in [5.74, 6) is 9.40. The maximum absolute atomic E-state index is 6.81. The average molecular weight is 367 g/mol. The average Bonchev–Trinajstić information content (AvgIpc) is 2.72.